The molecule has 1 amide bonds. The lowest BCUT2D eigenvalue weighted by Gasteiger charge is -2.23. The maximum atomic E-state index is 11.8. The number of carbonyl (C=O) groups excluding carboxylic acids is 1. The smallest absolute Gasteiger partial charge is 0.232 e. The summed E-state index contributed by atoms with van der Waals surface area (Å²) in [6, 6.07) is 0.561. The van der Waals surface area contributed by atoms with Crippen molar-refractivity contribution in [3.63, 3.8) is 0 Å². The number of nitrogens with one attached hydrogen (secondary N) is 1. The second-order valence-electron chi connectivity index (χ2n) is 4.50. The summed E-state index contributed by atoms with van der Waals surface area (Å²) >= 11 is 1.85. The maximum Gasteiger partial charge on any atom is 0.232 e. The highest BCUT2D eigenvalue weighted by atomic mass is 32.2. The van der Waals surface area contributed by atoms with Gasteiger partial charge in [-0.05, 0) is 38.8 Å². The number of thioether (sulfide) groups is 1. The molecule has 1 aliphatic heterocycles. The molecule has 1 N–H and O–H groups in total. The molecule has 4 heteroatoms. The predicted molar refractivity (Wildman–Crippen MR) is 64.1 cm³/mol. The number of nitrogens with zero attached hydrogens (tertiary/aromatic N) is 1. The van der Waals surface area contributed by atoms with Gasteiger partial charge in [-0.15, -0.1) is 11.8 Å². The highest BCUT2D eigenvalue weighted by Gasteiger charge is 2.29. The lowest BCUT2D eigenvalue weighted by atomic mass is 10.2. The van der Waals surface area contributed by atoms with Crippen molar-refractivity contribution < 1.29 is 4.79 Å². The van der Waals surface area contributed by atoms with Crippen molar-refractivity contribution in [2.24, 2.45) is 0 Å². The molecule has 1 saturated carbocycles. The van der Waals surface area contributed by atoms with Crippen LogP contribution in [-0.4, -0.2) is 48.0 Å². The number of hydrogen-bond acceptors (Lipinski definition) is 3. The van der Waals surface area contributed by atoms with Crippen LogP contribution in [0.25, 0.3) is 0 Å². The van der Waals surface area contributed by atoms with Crippen molar-refractivity contribution in [2.45, 2.75) is 37.0 Å². The van der Waals surface area contributed by atoms with Crippen LogP contribution < -0.4 is 5.32 Å². The lowest BCUT2D eigenvalue weighted by Crippen LogP contribution is -2.33. The van der Waals surface area contributed by atoms with Gasteiger partial charge >= 0.3 is 0 Å². The van der Waals surface area contributed by atoms with E-state index in [1.807, 2.05) is 23.7 Å². The Morgan fingerprint density at radius 2 is 2.00 bits per heavy atom. The zero-order chi connectivity index (χ0) is 10.7. The van der Waals surface area contributed by atoms with Crippen LogP contribution in [0.3, 0.4) is 0 Å². The zero-order valence-electron chi connectivity index (χ0n) is 9.37. The van der Waals surface area contributed by atoms with Gasteiger partial charge in [0.25, 0.3) is 0 Å². The molecular weight excluding hydrogens is 208 g/mol. The van der Waals surface area contributed by atoms with Crippen molar-refractivity contribution in [3.8, 4) is 0 Å². The van der Waals surface area contributed by atoms with Gasteiger partial charge in [0.2, 0.25) is 5.91 Å². The van der Waals surface area contributed by atoms with E-state index in [4.69, 9.17) is 0 Å². The van der Waals surface area contributed by atoms with Crippen LogP contribution in [0, 0.1) is 0 Å². The topological polar surface area (TPSA) is 32.3 Å². The number of rotatable bonds is 4. The highest BCUT2D eigenvalue weighted by Crippen LogP contribution is 2.27. The third-order valence-electron chi connectivity index (χ3n) is 3.22. The molecule has 0 aromatic rings. The molecule has 0 bridgehead atoms. The van der Waals surface area contributed by atoms with Gasteiger partial charge in [-0.1, -0.05) is 0 Å². The van der Waals surface area contributed by atoms with E-state index in [1.165, 1.54) is 25.7 Å². The predicted octanol–water partition coefficient (Wildman–Crippen LogP) is 1.09. The minimum Gasteiger partial charge on any atom is -0.342 e. The first-order valence-corrected chi connectivity index (χ1v) is 6.90. The summed E-state index contributed by atoms with van der Waals surface area (Å²) in [6.07, 6.45) is 4.84. The molecule has 0 spiro atoms. The molecule has 3 nitrogen and oxygen atoms in total. The molecule has 0 radical (unpaired) electrons. The van der Waals surface area contributed by atoms with Crippen molar-refractivity contribution >= 4 is 17.7 Å². The van der Waals surface area contributed by atoms with Crippen molar-refractivity contribution in [1.82, 2.24) is 10.2 Å². The molecular formula is C11H20N2OS. The molecule has 0 unspecified atom stereocenters. The Hall–Kier alpha value is -0.220. The minimum atomic E-state index is 0.320. The molecule has 2 rings (SSSR count). The van der Waals surface area contributed by atoms with E-state index >= 15 is 0 Å². The SMILES string of the molecule is CN(C(=O)CSC1CCNCC1)C1CC1. The Bertz CT molecular complexity index is 225. The molecule has 0 atom stereocenters. The van der Waals surface area contributed by atoms with Crippen LogP contribution in [0.2, 0.25) is 0 Å². The van der Waals surface area contributed by atoms with E-state index in [1.54, 1.807) is 0 Å². The fraction of sp³-hybridized carbons (Fsp3) is 0.909. The van der Waals surface area contributed by atoms with Crippen LogP contribution in [0.15, 0.2) is 0 Å². The molecule has 1 saturated heterocycles. The quantitative estimate of drug-likeness (QED) is 0.782. The Morgan fingerprint density at radius 3 is 2.60 bits per heavy atom. The van der Waals surface area contributed by atoms with Crippen molar-refractivity contribution in [2.75, 3.05) is 25.9 Å². The van der Waals surface area contributed by atoms with Crippen LogP contribution >= 0.6 is 11.8 Å². The number of hydrogen-bond donors (Lipinski definition) is 1. The maximum absolute atomic E-state index is 11.8. The van der Waals surface area contributed by atoms with E-state index < -0.39 is 0 Å². The average molecular weight is 228 g/mol. The van der Waals surface area contributed by atoms with Gasteiger partial charge < -0.3 is 10.2 Å². The fourth-order valence-electron chi connectivity index (χ4n) is 1.92. The summed E-state index contributed by atoms with van der Waals surface area (Å²) in [4.78, 5) is 13.7. The minimum absolute atomic E-state index is 0.320. The van der Waals surface area contributed by atoms with E-state index in [0.29, 0.717) is 23.0 Å². The Kier molecular flexibility index (Phi) is 3.92. The highest BCUT2D eigenvalue weighted by molar-refractivity contribution is 8.00. The number of piperidine rings is 1. The molecule has 0 aromatic heterocycles. The van der Waals surface area contributed by atoms with E-state index in [2.05, 4.69) is 5.32 Å². The van der Waals surface area contributed by atoms with Crippen LogP contribution in [-0.2, 0) is 4.79 Å². The Labute approximate surface area is 96.0 Å². The third kappa shape index (κ3) is 3.38. The summed E-state index contributed by atoms with van der Waals surface area (Å²) in [5.74, 6) is 0.999. The molecule has 2 aliphatic rings. The molecule has 15 heavy (non-hydrogen) atoms. The van der Waals surface area contributed by atoms with E-state index in [9.17, 15) is 4.79 Å². The second kappa shape index (κ2) is 5.21. The van der Waals surface area contributed by atoms with E-state index in [-0.39, 0.29) is 0 Å². The van der Waals surface area contributed by atoms with Gasteiger partial charge in [0.1, 0.15) is 0 Å². The summed E-state index contributed by atoms with van der Waals surface area (Å²) < 4.78 is 0. The third-order valence-corrected chi connectivity index (χ3v) is 4.57. The van der Waals surface area contributed by atoms with Gasteiger partial charge in [-0.25, -0.2) is 0 Å². The first kappa shape index (κ1) is 11.3. The summed E-state index contributed by atoms with van der Waals surface area (Å²) in [5, 5.41) is 4.04. The first-order valence-electron chi connectivity index (χ1n) is 5.85. The number of carbonyl (C=O) groups is 1. The number of amides is 1. The van der Waals surface area contributed by atoms with Gasteiger partial charge in [0.15, 0.2) is 0 Å². The normalized spacial score (nSPS) is 22.7. The second-order valence-corrected chi connectivity index (χ2v) is 5.78. The van der Waals surface area contributed by atoms with Gasteiger partial charge in [-0.3, -0.25) is 4.79 Å². The summed E-state index contributed by atoms with van der Waals surface area (Å²) in [6.45, 7) is 2.23. The summed E-state index contributed by atoms with van der Waals surface area (Å²) in [5.41, 5.74) is 0. The van der Waals surface area contributed by atoms with E-state index in [0.717, 1.165) is 13.1 Å². The first-order chi connectivity index (χ1) is 7.27. The molecule has 0 aromatic carbocycles. The fourth-order valence-corrected chi connectivity index (χ4v) is 3.07. The van der Waals surface area contributed by atoms with Gasteiger partial charge in [0, 0.05) is 18.3 Å². The molecule has 1 aliphatic carbocycles. The average Bonchev–Trinajstić information content (AvgIpc) is 3.10. The summed E-state index contributed by atoms with van der Waals surface area (Å²) in [7, 11) is 1.95. The van der Waals surface area contributed by atoms with Crippen LogP contribution in [0.4, 0.5) is 0 Å². The Morgan fingerprint density at radius 1 is 1.33 bits per heavy atom. The molecule has 86 valence electrons. The largest absolute Gasteiger partial charge is 0.342 e. The molecule has 2 fully saturated rings. The Balaban J connectivity index is 1.65. The van der Waals surface area contributed by atoms with Crippen LogP contribution in [0.5, 0.6) is 0 Å². The lowest BCUT2D eigenvalue weighted by molar-refractivity contribution is -0.127. The standard InChI is InChI=1S/C11H20N2OS/c1-13(9-2-3-9)11(14)8-15-10-4-6-12-7-5-10/h9-10,12H,2-8H2,1H3. The molecule has 1 heterocycles. The van der Waals surface area contributed by atoms with Gasteiger partial charge in [0.05, 0.1) is 5.75 Å². The van der Waals surface area contributed by atoms with Crippen molar-refractivity contribution in [3.05, 3.63) is 0 Å². The van der Waals surface area contributed by atoms with Gasteiger partial charge in [-0.2, -0.15) is 0 Å². The monoisotopic (exact) mass is 228 g/mol. The van der Waals surface area contributed by atoms with Crippen molar-refractivity contribution in [1.29, 1.82) is 0 Å². The van der Waals surface area contributed by atoms with Crippen LogP contribution in [0.1, 0.15) is 25.7 Å². The zero-order valence-corrected chi connectivity index (χ0v) is 10.2.